The van der Waals surface area contributed by atoms with Crippen molar-refractivity contribution in [3.63, 3.8) is 0 Å². The van der Waals surface area contributed by atoms with Crippen LogP contribution in [0.5, 0.6) is 0 Å². The Morgan fingerprint density at radius 1 is 1.21 bits per heavy atom. The van der Waals surface area contributed by atoms with Crippen LogP contribution >= 0.6 is 0 Å². The first-order chi connectivity index (χ1) is 6.92. The molecule has 3 fully saturated rings. The second-order valence-corrected chi connectivity index (χ2v) is 4.71. The molecule has 0 aromatic carbocycles. The summed E-state index contributed by atoms with van der Waals surface area (Å²) in [6.07, 6.45) is 6.75. The molecule has 0 amide bonds. The van der Waals surface area contributed by atoms with E-state index >= 15 is 0 Å². The van der Waals surface area contributed by atoms with Crippen molar-refractivity contribution in [2.24, 2.45) is 5.92 Å². The second-order valence-electron chi connectivity index (χ2n) is 4.71. The van der Waals surface area contributed by atoms with Gasteiger partial charge in [-0.2, -0.15) is 0 Å². The molecule has 80 valence electrons. The van der Waals surface area contributed by atoms with E-state index in [-0.39, 0.29) is 0 Å². The minimum absolute atomic E-state index is 0.414. The zero-order chi connectivity index (χ0) is 9.38. The molecular formula is C11H18O3. The minimum atomic E-state index is 0.414. The molecule has 4 unspecified atom stereocenters. The fraction of sp³-hybridized carbons (Fsp3) is 1.00. The normalized spacial score (nSPS) is 44.6. The summed E-state index contributed by atoms with van der Waals surface area (Å²) in [6, 6.07) is 0. The Labute approximate surface area is 84.7 Å². The fourth-order valence-corrected chi connectivity index (χ4v) is 2.38. The second kappa shape index (κ2) is 3.80. The van der Waals surface area contributed by atoms with E-state index < -0.39 is 0 Å². The smallest absolute Gasteiger partial charge is 0.104 e. The van der Waals surface area contributed by atoms with E-state index in [0.717, 1.165) is 25.7 Å². The van der Waals surface area contributed by atoms with E-state index in [1.54, 1.807) is 0 Å². The van der Waals surface area contributed by atoms with Crippen LogP contribution < -0.4 is 0 Å². The van der Waals surface area contributed by atoms with Crippen LogP contribution in [0.1, 0.15) is 25.7 Å². The maximum Gasteiger partial charge on any atom is 0.104 e. The summed E-state index contributed by atoms with van der Waals surface area (Å²) in [4.78, 5) is 0. The van der Waals surface area contributed by atoms with Gasteiger partial charge in [0.25, 0.3) is 0 Å². The first kappa shape index (κ1) is 9.13. The highest BCUT2D eigenvalue weighted by molar-refractivity contribution is 4.91. The van der Waals surface area contributed by atoms with E-state index in [1.165, 1.54) is 25.7 Å². The summed E-state index contributed by atoms with van der Waals surface area (Å²) in [5.41, 5.74) is 0. The molecular weight excluding hydrogens is 180 g/mol. The first-order valence-corrected chi connectivity index (χ1v) is 5.76. The van der Waals surface area contributed by atoms with Gasteiger partial charge in [-0.1, -0.05) is 0 Å². The van der Waals surface area contributed by atoms with Crippen LogP contribution in [-0.2, 0) is 14.2 Å². The van der Waals surface area contributed by atoms with Crippen LogP contribution in [-0.4, -0.2) is 38.1 Å². The third-order valence-electron chi connectivity index (χ3n) is 3.49. The highest BCUT2D eigenvalue weighted by atomic mass is 16.6. The highest BCUT2D eigenvalue weighted by Gasteiger charge is 2.43. The van der Waals surface area contributed by atoms with Crippen molar-refractivity contribution in [1.82, 2.24) is 0 Å². The van der Waals surface area contributed by atoms with Gasteiger partial charge in [0.05, 0.1) is 25.4 Å². The van der Waals surface area contributed by atoms with Crippen LogP contribution in [0, 0.1) is 5.92 Å². The molecule has 3 aliphatic rings. The Bertz CT molecular complexity index is 203. The van der Waals surface area contributed by atoms with Gasteiger partial charge in [0.2, 0.25) is 0 Å². The van der Waals surface area contributed by atoms with Gasteiger partial charge >= 0.3 is 0 Å². The van der Waals surface area contributed by atoms with Gasteiger partial charge in [0.1, 0.15) is 6.10 Å². The Hall–Kier alpha value is -0.120. The van der Waals surface area contributed by atoms with Gasteiger partial charge in [-0.15, -0.1) is 0 Å². The lowest BCUT2D eigenvalue weighted by molar-refractivity contribution is 0.100. The van der Waals surface area contributed by atoms with Crippen molar-refractivity contribution in [1.29, 1.82) is 0 Å². The van der Waals surface area contributed by atoms with E-state index in [2.05, 4.69) is 0 Å². The number of rotatable bonds is 5. The van der Waals surface area contributed by atoms with Crippen molar-refractivity contribution in [2.75, 3.05) is 19.8 Å². The number of hydrogen-bond acceptors (Lipinski definition) is 3. The van der Waals surface area contributed by atoms with Crippen molar-refractivity contribution >= 4 is 0 Å². The van der Waals surface area contributed by atoms with E-state index in [0.29, 0.717) is 18.3 Å². The lowest BCUT2D eigenvalue weighted by atomic mass is 9.87. The van der Waals surface area contributed by atoms with Crippen molar-refractivity contribution in [2.45, 2.75) is 44.0 Å². The largest absolute Gasteiger partial charge is 0.379 e. The molecule has 0 spiro atoms. The summed E-state index contributed by atoms with van der Waals surface area (Å²) in [5.74, 6) is 0.846. The fourth-order valence-electron chi connectivity index (χ4n) is 2.38. The average molecular weight is 198 g/mol. The quantitative estimate of drug-likeness (QED) is 0.494. The van der Waals surface area contributed by atoms with Crippen LogP contribution in [0.2, 0.25) is 0 Å². The van der Waals surface area contributed by atoms with Crippen molar-refractivity contribution < 1.29 is 14.2 Å². The molecule has 0 radical (unpaired) electrons. The first-order valence-electron chi connectivity index (χ1n) is 5.76. The van der Waals surface area contributed by atoms with Crippen LogP contribution in [0.3, 0.4) is 0 Å². The van der Waals surface area contributed by atoms with E-state index in [4.69, 9.17) is 14.2 Å². The van der Waals surface area contributed by atoms with Gasteiger partial charge in [-0.3, -0.25) is 0 Å². The summed E-state index contributed by atoms with van der Waals surface area (Å²) >= 11 is 0. The van der Waals surface area contributed by atoms with Crippen molar-refractivity contribution in [3.05, 3.63) is 0 Å². The number of epoxide rings is 2. The predicted molar refractivity (Wildman–Crippen MR) is 51.2 cm³/mol. The highest BCUT2D eigenvalue weighted by Crippen LogP contribution is 2.40. The molecule has 1 aliphatic carbocycles. The van der Waals surface area contributed by atoms with Crippen molar-refractivity contribution in [3.8, 4) is 0 Å². The number of ether oxygens (including phenoxy) is 3. The molecule has 0 N–H and O–H groups in total. The van der Waals surface area contributed by atoms with Crippen LogP contribution in [0.15, 0.2) is 0 Å². The van der Waals surface area contributed by atoms with Crippen LogP contribution in [0.4, 0.5) is 0 Å². The Morgan fingerprint density at radius 2 is 2.14 bits per heavy atom. The molecule has 3 heteroatoms. The molecule has 4 atom stereocenters. The summed E-state index contributed by atoms with van der Waals surface area (Å²) < 4.78 is 16.1. The lowest BCUT2D eigenvalue weighted by Crippen LogP contribution is -2.16. The summed E-state index contributed by atoms with van der Waals surface area (Å²) in [7, 11) is 0. The molecule has 2 saturated heterocycles. The Balaban J connectivity index is 1.28. The molecule has 3 rings (SSSR count). The molecule has 2 aliphatic heterocycles. The minimum Gasteiger partial charge on any atom is -0.379 e. The summed E-state index contributed by atoms with van der Waals surface area (Å²) in [5, 5.41) is 0. The average Bonchev–Trinajstić information content (AvgIpc) is 3.06. The maximum atomic E-state index is 5.54. The molecule has 1 saturated carbocycles. The molecule has 3 nitrogen and oxygen atoms in total. The van der Waals surface area contributed by atoms with E-state index in [1.807, 2.05) is 0 Å². The number of fused-ring (bicyclic) bond motifs is 1. The maximum absolute atomic E-state index is 5.54. The monoisotopic (exact) mass is 198 g/mol. The van der Waals surface area contributed by atoms with E-state index in [9.17, 15) is 0 Å². The predicted octanol–water partition coefficient (Wildman–Crippen LogP) is 1.36. The zero-order valence-corrected chi connectivity index (χ0v) is 8.48. The SMILES string of the molecule is C(CC1CCC2OC2C1)OCC1CO1. The molecule has 0 bridgehead atoms. The van der Waals surface area contributed by atoms with Gasteiger partial charge in [0.15, 0.2) is 0 Å². The topological polar surface area (TPSA) is 34.3 Å². The third-order valence-corrected chi connectivity index (χ3v) is 3.49. The zero-order valence-electron chi connectivity index (χ0n) is 8.48. The molecule has 14 heavy (non-hydrogen) atoms. The Morgan fingerprint density at radius 3 is 2.93 bits per heavy atom. The van der Waals surface area contributed by atoms with Gasteiger partial charge in [0, 0.05) is 6.61 Å². The Kier molecular flexibility index (Phi) is 2.48. The standard InChI is InChI=1S/C11H18O3/c1-2-10-11(14-10)5-8(1)3-4-12-6-9-7-13-9/h8-11H,1-7H2. The lowest BCUT2D eigenvalue weighted by Gasteiger charge is -2.18. The summed E-state index contributed by atoms with van der Waals surface area (Å²) in [6.45, 7) is 2.61. The van der Waals surface area contributed by atoms with Gasteiger partial charge < -0.3 is 14.2 Å². The van der Waals surface area contributed by atoms with Gasteiger partial charge in [-0.05, 0) is 31.6 Å². The number of hydrogen-bond donors (Lipinski definition) is 0. The van der Waals surface area contributed by atoms with Crippen LogP contribution in [0.25, 0.3) is 0 Å². The van der Waals surface area contributed by atoms with Gasteiger partial charge in [-0.25, -0.2) is 0 Å². The molecule has 0 aromatic rings. The third kappa shape index (κ3) is 2.27. The molecule has 0 aromatic heterocycles. The molecule has 2 heterocycles.